The fourth-order valence-electron chi connectivity index (χ4n) is 3.06. The molecule has 1 aliphatic rings. The molecule has 27 heavy (non-hydrogen) atoms. The standard InChI is InChI=1S/C23H20N2O2/c1-16-7-9-17(10-8-16)13-22-23(26)25(15-18-5-3-2-4-6-18)20-14-19(24)11-12-21(20)27-22/h2-14H,15,24H2,1H3/b22-13+. The SMILES string of the molecule is Cc1ccc(/C=C2/Oc3ccc(N)cc3N(Cc3ccccc3)C2=O)cc1. The van der Waals surface area contributed by atoms with Crippen LogP contribution < -0.4 is 15.4 Å². The first kappa shape index (κ1) is 16.9. The van der Waals surface area contributed by atoms with Gasteiger partial charge in [0.2, 0.25) is 0 Å². The van der Waals surface area contributed by atoms with Crippen LogP contribution >= 0.6 is 0 Å². The number of carbonyl (C=O) groups is 1. The van der Waals surface area contributed by atoms with Crippen molar-refractivity contribution in [3.8, 4) is 5.75 Å². The van der Waals surface area contributed by atoms with E-state index in [1.165, 1.54) is 5.56 Å². The summed E-state index contributed by atoms with van der Waals surface area (Å²) in [6, 6.07) is 23.2. The number of rotatable bonds is 3. The number of anilines is 2. The Morgan fingerprint density at radius 1 is 1.00 bits per heavy atom. The number of hydrogen-bond donors (Lipinski definition) is 1. The van der Waals surface area contributed by atoms with Gasteiger partial charge < -0.3 is 10.5 Å². The fraction of sp³-hybridized carbons (Fsp3) is 0.0870. The molecule has 0 spiro atoms. The van der Waals surface area contributed by atoms with E-state index in [1.807, 2.05) is 61.5 Å². The van der Waals surface area contributed by atoms with E-state index < -0.39 is 0 Å². The maximum Gasteiger partial charge on any atom is 0.294 e. The van der Waals surface area contributed by atoms with Crippen molar-refractivity contribution in [2.75, 3.05) is 10.6 Å². The van der Waals surface area contributed by atoms with Crippen molar-refractivity contribution in [2.45, 2.75) is 13.5 Å². The van der Waals surface area contributed by atoms with Gasteiger partial charge in [0, 0.05) is 5.69 Å². The molecule has 0 fully saturated rings. The molecule has 0 atom stereocenters. The highest BCUT2D eigenvalue weighted by atomic mass is 16.5. The Bertz CT molecular complexity index is 1010. The minimum atomic E-state index is -0.183. The van der Waals surface area contributed by atoms with Crippen LogP contribution in [0.15, 0.2) is 78.6 Å². The maximum absolute atomic E-state index is 13.2. The molecule has 0 saturated heterocycles. The van der Waals surface area contributed by atoms with Crippen molar-refractivity contribution in [3.05, 3.63) is 95.2 Å². The van der Waals surface area contributed by atoms with E-state index in [2.05, 4.69) is 0 Å². The predicted molar refractivity (Wildman–Crippen MR) is 108 cm³/mol. The van der Waals surface area contributed by atoms with Crippen LogP contribution in [-0.2, 0) is 11.3 Å². The summed E-state index contributed by atoms with van der Waals surface area (Å²) in [5.41, 5.74) is 10.3. The lowest BCUT2D eigenvalue weighted by atomic mass is 10.1. The summed E-state index contributed by atoms with van der Waals surface area (Å²) < 4.78 is 5.92. The van der Waals surface area contributed by atoms with E-state index in [1.54, 1.807) is 29.2 Å². The van der Waals surface area contributed by atoms with E-state index in [0.29, 0.717) is 29.4 Å². The monoisotopic (exact) mass is 356 g/mol. The van der Waals surface area contributed by atoms with Crippen molar-refractivity contribution < 1.29 is 9.53 Å². The van der Waals surface area contributed by atoms with Crippen LogP contribution in [0.1, 0.15) is 16.7 Å². The van der Waals surface area contributed by atoms with Gasteiger partial charge in [0.05, 0.1) is 12.2 Å². The summed E-state index contributed by atoms with van der Waals surface area (Å²) in [7, 11) is 0. The highest BCUT2D eigenvalue weighted by molar-refractivity contribution is 6.10. The second-order valence-electron chi connectivity index (χ2n) is 6.63. The van der Waals surface area contributed by atoms with Gasteiger partial charge in [0.1, 0.15) is 0 Å². The third-order valence-electron chi connectivity index (χ3n) is 4.51. The molecule has 4 nitrogen and oxygen atoms in total. The summed E-state index contributed by atoms with van der Waals surface area (Å²) in [6.07, 6.45) is 1.78. The highest BCUT2D eigenvalue weighted by Crippen LogP contribution is 2.38. The van der Waals surface area contributed by atoms with Gasteiger partial charge in [0.25, 0.3) is 5.91 Å². The third kappa shape index (κ3) is 3.55. The molecule has 1 amide bonds. The number of benzene rings is 3. The molecule has 134 valence electrons. The summed E-state index contributed by atoms with van der Waals surface area (Å²) >= 11 is 0. The Morgan fingerprint density at radius 2 is 1.74 bits per heavy atom. The van der Waals surface area contributed by atoms with Crippen LogP contribution in [0.3, 0.4) is 0 Å². The van der Waals surface area contributed by atoms with Gasteiger partial charge in [-0.2, -0.15) is 0 Å². The molecule has 1 aliphatic heterocycles. The van der Waals surface area contributed by atoms with Gasteiger partial charge in [-0.3, -0.25) is 9.69 Å². The Kier molecular flexibility index (Phi) is 4.38. The Hall–Kier alpha value is -3.53. The van der Waals surface area contributed by atoms with Crippen LogP contribution in [0.4, 0.5) is 11.4 Å². The van der Waals surface area contributed by atoms with E-state index >= 15 is 0 Å². The zero-order valence-corrected chi connectivity index (χ0v) is 15.1. The number of amides is 1. The lowest BCUT2D eigenvalue weighted by molar-refractivity contribution is -0.117. The Labute approximate surface area is 158 Å². The average Bonchev–Trinajstić information content (AvgIpc) is 2.68. The molecule has 0 bridgehead atoms. The minimum absolute atomic E-state index is 0.183. The molecule has 0 aliphatic carbocycles. The van der Waals surface area contributed by atoms with Crippen molar-refractivity contribution in [3.63, 3.8) is 0 Å². The summed E-state index contributed by atoms with van der Waals surface area (Å²) in [5.74, 6) is 0.739. The van der Waals surface area contributed by atoms with Crippen LogP contribution in [0.25, 0.3) is 6.08 Å². The summed E-state index contributed by atoms with van der Waals surface area (Å²) in [6.45, 7) is 2.48. The number of carbonyl (C=O) groups excluding carboxylic acids is 1. The molecule has 3 aromatic carbocycles. The number of aryl methyl sites for hydroxylation is 1. The second kappa shape index (κ2) is 7.00. The van der Waals surface area contributed by atoms with E-state index in [0.717, 1.165) is 11.1 Å². The number of nitrogens with zero attached hydrogens (tertiary/aromatic N) is 1. The Balaban J connectivity index is 1.75. The van der Waals surface area contributed by atoms with Crippen molar-refractivity contribution in [1.82, 2.24) is 0 Å². The fourth-order valence-corrected chi connectivity index (χ4v) is 3.06. The summed E-state index contributed by atoms with van der Waals surface area (Å²) in [5, 5.41) is 0. The molecule has 0 radical (unpaired) electrons. The van der Waals surface area contributed by atoms with E-state index in [4.69, 9.17) is 10.5 Å². The number of fused-ring (bicyclic) bond motifs is 1. The zero-order valence-electron chi connectivity index (χ0n) is 15.1. The largest absolute Gasteiger partial charge is 0.449 e. The van der Waals surface area contributed by atoms with Crippen LogP contribution in [0, 0.1) is 6.92 Å². The first-order valence-corrected chi connectivity index (χ1v) is 8.82. The minimum Gasteiger partial charge on any atom is -0.449 e. The van der Waals surface area contributed by atoms with E-state index in [9.17, 15) is 4.79 Å². The first-order valence-electron chi connectivity index (χ1n) is 8.82. The smallest absolute Gasteiger partial charge is 0.294 e. The molecule has 0 aromatic heterocycles. The molecular weight excluding hydrogens is 336 g/mol. The number of nitrogens with two attached hydrogens (primary N) is 1. The molecule has 1 heterocycles. The molecular formula is C23H20N2O2. The van der Waals surface area contributed by atoms with Crippen molar-refractivity contribution in [2.24, 2.45) is 0 Å². The van der Waals surface area contributed by atoms with Gasteiger partial charge in [-0.05, 0) is 42.3 Å². The predicted octanol–water partition coefficient (Wildman–Crippen LogP) is 4.54. The van der Waals surface area contributed by atoms with Crippen molar-refractivity contribution in [1.29, 1.82) is 0 Å². The van der Waals surface area contributed by atoms with Gasteiger partial charge in [0.15, 0.2) is 11.5 Å². The maximum atomic E-state index is 13.2. The summed E-state index contributed by atoms with van der Waals surface area (Å²) in [4.78, 5) is 14.9. The molecule has 2 N–H and O–H groups in total. The van der Waals surface area contributed by atoms with Gasteiger partial charge in [-0.15, -0.1) is 0 Å². The van der Waals surface area contributed by atoms with Crippen LogP contribution in [0.2, 0.25) is 0 Å². The second-order valence-corrected chi connectivity index (χ2v) is 6.63. The molecule has 4 rings (SSSR count). The average molecular weight is 356 g/mol. The van der Waals surface area contributed by atoms with Crippen molar-refractivity contribution >= 4 is 23.4 Å². The van der Waals surface area contributed by atoms with Crippen LogP contribution in [-0.4, -0.2) is 5.91 Å². The van der Waals surface area contributed by atoms with Gasteiger partial charge in [-0.1, -0.05) is 60.2 Å². The number of ether oxygens (including phenoxy) is 1. The quantitative estimate of drug-likeness (QED) is 0.553. The zero-order chi connectivity index (χ0) is 18.8. The molecule has 0 saturated carbocycles. The number of hydrogen-bond acceptors (Lipinski definition) is 3. The first-order chi connectivity index (χ1) is 13.1. The lowest BCUT2D eigenvalue weighted by Gasteiger charge is -2.31. The van der Waals surface area contributed by atoms with E-state index in [-0.39, 0.29) is 5.91 Å². The molecule has 3 aromatic rings. The Morgan fingerprint density at radius 3 is 2.48 bits per heavy atom. The van der Waals surface area contributed by atoms with Gasteiger partial charge >= 0.3 is 0 Å². The highest BCUT2D eigenvalue weighted by Gasteiger charge is 2.30. The third-order valence-corrected chi connectivity index (χ3v) is 4.51. The molecule has 4 heteroatoms. The number of nitrogen functional groups attached to an aromatic ring is 1. The van der Waals surface area contributed by atoms with Gasteiger partial charge in [-0.25, -0.2) is 0 Å². The lowest BCUT2D eigenvalue weighted by Crippen LogP contribution is -2.36. The van der Waals surface area contributed by atoms with Crippen LogP contribution in [0.5, 0.6) is 5.75 Å². The topological polar surface area (TPSA) is 55.6 Å². The normalized spacial score (nSPS) is 14.8. The molecule has 0 unspecified atom stereocenters.